The second kappa shape index (κ2) is 6.53. The fourth-order valence-corrected chi connectivity index (χ4v) is 2.58. The third-order valence-electron chi connectivity index (χ3n) is 2.61. The van der Waals surface area contributed by atoms with Gasteiger partial charge in [-0.05, 0) is 31.0 Å². The third-order valence-corrected chi connectivity index (χ3v) is 4.00. The number of nitrogen functional groups attached to an aromatic ring is 1. The summed E-state index contributed by atoms with van der Waals surface area (Å²) >= 11 is 0. The highest BCUT2D eigenvalue weighted by Gasteiger charge is 2.16. The number of likely N-dealkylation sites (N-methyl/N-ethyl adjacent to an activating group) is 1. The Hall–Kier alpha value is -1.60. The smallest absolute Gasteiger partial charge is 0.241 e. The topological polar surface area (TPSA) is 101 Å². The van der Waals surface area contributed by atoms with Crippen LogP contribution in [0.5, 0.6) is 0 Å². The van der Waals surface area contributed by atoms with E-state index >= 15 is 0 Å². The van der Waals surface area contributed by atoms with Crippen molar-refractivity contribution in [2.24, 2.45) is 0 Å². The quantitative estimate of drug-likeness (QED) is 0.652. The maximum Gasteiger partial charge on any atom is 0.241 e. The van der Waals surface area contributed by atoms with Gasteiger partial charge in [-0.1, -0.05) is 13.0 Å². The van der Waals surface area contributed by atoms with Crippen LogP contribution in [-0.2, 0) is 21.2 Å². The Labute approximate surface area is 113 Å². The van der Waals surface area contributed by atoms with E-state index in [0.717, 1.165) is 12.0 Å². The lowest BCUT2D eigenvalue weighted by Gasteiger charge is -2.09. The van der Waals surface area contributed by atoms with Crippen molar-refractivity contribution in [2.45, 2.75) is 25.2 Å². The van der Waals surface area contributed by atoms with E-state index in [1.165, 1.54) is 12.1 Å². The molecule has 0 fully saturated rings. The van der Waals surface area contributed by atoms with Crippen LogP contribution in [0.25, 0.3) is 0 Å². The van der Waals surface area contributed by atoms with E-state index in [0.29, 0.717) is 12.2 Å². The number of rotatable bonds is 6. The normalized spacial score (nSPS) is 11.3. The highest BCUT2D eigenvalue weighted by molar-refractivity contribution is 7.89. The summed E-state index contributed by atoms with van der Waals surface area (Å²) in [5.41, 5.74) is 7.09. The Kier molecular flexibility index (Phi) is 5.31. The molecule has 1 aromatic rings. The number of nitrogens with two attached hydrogens (primary N) is 1. The number of sulfonamides is 1. The molecule has 4 N–H and O–H groups in total. The molecule has 0 spiro atoms. The van der Waals surface area contributed by atoms with Gasteiger partial charge in [-0.25, -0.2) is 13.1 Å². The molecule has 1 amide bonds. The van der Waals surface area contributed by atoms with Crippen molar-refractivity contribution >= 4 is 21.6 Å². The van der Waals surface area contributed by atoms with Crippen LogP contribution in [0.3, 0.4) is 0 Å². The van der Waals surface area contributed by atoms with Crippen molar-refractivity contribution < 1.29 is 13.2 Å². The Morgan fingerprint density at radius 2 is 2.00 bits per heavy atom. The number of benzene rings is 1. The summed E-state index contributed by atoms with van der Waals surface area (Å²) in [6.07, 6.45) is 0.735. The molecule has 0 radical (unpaired) electrons. The van der Waals surface area contributed by atoms with E-state index < -0.39 is 10.0 Å². The largest absolute Gasteiger partial charge is 0.398 e. The first-order valence-corrected chi connectivity index (χ1v) is 7.53. The standard InChI is InChI=1S/C12H19N3O3S/c1-3-9-5-6-10(7-11(9)13)19(17,18)15-8-12(16)14-4-2/h5-7,15H,3-4,8,13H2,1-2H3,(H,14,16). The minimum atomic E-state index is -3.71. The molecule has 0 saturated carbocycles. The second-order valence-corrected chi connectivity index (χ2v) is 5.76. The Morgan fingerprint density at radius 1 is 1.32 bits per heavy atom. The van der Waals surface area contributed by atoms with Gasteiger partial charge in [0.2, 0.25) is 15.9 Å². The predicted molar refractivity (Wildman–Crippen MR) is 74.1 cm³/mol. The van der Waals surface area contributed by atoms with Crippen molar-refractivity contribution in [2.75, 3.05) is 18.8 Å². The molecule has 0 unspecified atom stereocenters. The molecule has 7 heteroatoms. The zero-order valence-corrected chi connectivity index (χ0v) is 11.9. The van der Waals surface area contributed by atoms with Gasteiger partial charge in [0.15, 0.2) is 0 Å². The van der Waals surface area contributed by atoms with Crippen LogP contribution in [0.15, 0.2) is 23.1 Å². The van der Waals surface area contributed by atoms with Crippen molar-refractivity contribution in [1.29, 1.82) is 0 Å². The van der Waals surface area contributed by atoms with Crippen molar-refractivity contribution in [3.63, 3.8) is 0 Å². The van der Waals surface area contributed by atoms with E-state index in [4.69, 9.17) is 5.73 Å². The monoisotopic (exact) mass is 285 g/mol. The van der Waals surface area contributed by atoms with Gasteiger partial charge in [0.05, 0.1) is 11.4 Å². The van der Waals surface area contributed by atoms with Crippen molar-refractivity contribution in [3.05, 3.63) is 23.8 Å². The van der Waals surface area contributed by atoms with Gasteiger partial charge in [0.1, 0.15) is 0 Å². The highest BCUT2D eigenvalue weighted by Crippen LogP contribution is 2.18. The maximum atomic E-state index is 11.9. The van der Waals surface area contributed by atoms with Crippen LogP contribution in [0.1, 0.15) is 19.4 Å². The van der Waals surface area contributed by atoms with E-state index in [1.807, 2.05) is 6.92 Å². The number of anilines is 1. The van der Waals surface area contributed by atoms with Gasteiger partial charge < -0.3 is 11.1 Å². The number of nitrogens with one attached hydrogen (secondary N) is 2. The molecule has 0 bridgehead atoms. The molecule has 0 aromatic heterocycles. The number of amides is 1. The molecule has 0 aliphatic heterocycles. The number of hydrogen-bond acceptors (Lipinski definition) is 4. The molecule has 6 nitrogen and oxygen atoms in total. The molecule has 0 atom stereocenters. The zero-order valence-electron chi connectivity index (χ0n) is 11.1. The average Bonchev–Trinajstić information content (AvgIpc) is 2.37. The summed E-state index contributed by atoms with van der Waals surface area (Å²) in [5, 5.41) is 2.51. The van der Waals surface area contributed by atoms with Gasteiger partial charge in [-0.15, -0.1) is 0 Å². The summed E-state index contributed by atoms with van der Waals surface area (Å²) < 4.78 is 26.1. The lowest BCUT2D eigenvalue weighted by atomic mass is 10.1. The molecule has 106 valence electrons. The van der Waals surface area contributed by atoms with Gasteiger partial charge in [0, 0.05) is 12.2 Å². The summed E-state index contributed by atoms with van der Waals surface area (Å²) in [6.45, 7) is 3.87. The zero-order chi connectivity index (χ0) is 14.5. The molecular weight excluding hydrogens is 266 g/mol. The van der Waals surface area contributed by atoms with Gasteiger partial charge in [0.25, 0.3) is 0 Å². The predicted octanol–water partition coefficient (Wildman–Crippen LogP) is 0.246. The Bertz CT molecular complexity index is 555. The van der Waals surface area contributed by atoms with Crippen LogP contribution in [0.4, 0.5) is 5.69 Å². The number of hydrogen-bond donors (Lipinski definition) is 3. The van der Waals surface area contributed by atoms with Crippen LogP contribution in [0.2, 0.25) is 0 Å². The number of aryl methyl sites for hydroxylation is 1. The Morgan fingerprint density at radius 3 is 2.53 bits per heavy atom. The second-order valence-electron chi connectivity index (χ2n) is 3.99. The van der Waals surface area contributed by atoms with Crippen LogP contribution < -0.4 is 15.8 Å². The molecular formula is C12H19N3O3S. The van der Waals surface area contributed by atoms with E-state index in [2.05, 4.69) is 10.0 Å². The van der Waals surface area contributed by atoms with E-state index in [-0.39, 0.29) is 17.3 Å². The van der Waals surface area contributed by atoms with E-state index in [9.17, 15) is 13.2 Å². The SMILES string of the molecule is CCNC(=O)CNS(=O)(=O)c1ccc(CC)c(N)c1. The molecule has 1 rings (SSSR count). The molecule has 0 heterocycles. The number of carbonyl (C=O) groups is 1. The first kappa shape index (κ1) is 15.5. The van der Waals surface area contributed by atoms with Crippen LogP contribution >= 0.6 is 0 Å². The summed E-state index contributed by atoms with van der Waals surface area (Å²) in [6, 6.07) is 4.56. The van der Waals surface area contributed by atoms with Crippen molar-refractivity contribution in [3.8, 4) is 0 Å². The summed E-state index contributed by atoms with van der Waals surface area (Å²) in [4.78, 5) is 11.3. The van der Waals surface area contributed by atoms with Crippen LogP contribution in [0, 0.1) is 0 Å². The Balaban J connectivity index is 2.83. The average molecular weight is 285 g/mol. The summed E-state index contributed by atoms with van der Waals surface area (Å²) in [5.74, 6) is -0.371. The minimum absolute atomic E-state index is 0.0616. The molecule has 0 aliphatic carbocycles. The fraction of sp³-hybridized carbons (Fsp3) is 0.417. The van der Waals surface area contributed by atoms with Gasteiger partial charge in [-0.3, -0.25) is 4.79 Å². The lowest BCUT2D eigenvalue weighted by Crippen LogP contribution is -2.36. The minimum Gasteiger partial charge on any atom is -0.398 e. The molecule has 1 aromatic carbocycles. The maximum absolute atomic E-state index is 11.9. The van der Waals surface area contributed by atoms with Crippen LogP contribution in [-0.4, -0.2) is 27.4 Å². The number of carbonyl (C=O) groups excluding carboxylic acids is 1. The first-order valence-electron chi connectivity index (χ1n) is 6.05. The summed E-state index contributed by atoms with van der Waals surface area (Å²) in [7, 11) is -3.71. The third kappa shape index (κ3) is 4.22. The molecule has 19 heavy (non-hydrogen) atoms. The van der Waals surface area contributed by atoms with Crippen molar-refractivity contribution in [1.82, 2.24) is 10.0 Å². The highest BCUT2D eigenvalue weighted by atomic mass is 32.2. The lowest BCUT2D eigenvalue weighted by molar-refractivity contribution is -0.119. The fourth-order valence-electron chi connectivity index (χ4n) is 1.57. The molecule has 0 aliphatic rings. The van der Waals surface area contributed by atoms with Gasteiger partial charge >= 0.3 is 0 Å². The van der Waals surface area contributed by atoms with E-state index in [1.54, 1.807) is 13.0 Å². The van der Waals surface area contributed by atoms with Gasteiger partial charge in [-0.2, -0.15) is 0 Å². The molecule has 0 saturated heterocycles. The first-order chi connectivity index (χ1) is 8.90.